The van der Waals surface area contributed by atoms with Crippen LogP contribution in [0.25, 0.3) is 0 Å². The third kappa shape index (κ3) is 6.21. The molecule has 2 aromatic rings. The zero-order valence-electron chi connectivity index (χ0n) is 17.1. The predicted molar refractivity (Wildman–Crippen MR) is 117 cm³/mol. The number of amides is 1. The lowest BCUT2D eigenvalue weighted by Crippen LogP contribution is -2.43. The molecule has 1 aliphatic rings. The highest BCUT2D eigenvalue weighted by Crippen LogP contribution is 2.22. The Hall–Kier alpha value is -2.58. The summed E-state index contributed by atoms with van der Waals surface area (Å²) in [6, 6.07) is 13.4. The topological polar surface area (TPSA) is 90.0 Å². The number of sulfone groups is 1. The standard InChI is InChI=1S/C22H24ClNO6S/c1-2-24(18-11-12-31(27,28)15-18)21(25)14-30-22(26)19-5-3-4-6-20(19)29-13-16-7-9-17(23)10-8-16/h3-10,18H,2,11-15H2,1H3/t18-/m0/s1. The molecule has 0 N–H and O–H groups in total. The molecule has 0 spiro atoms. The molecule has 1 saturated heterocycles. The Kier molecular flexibility index (Phi) is 7.56. The maximum absolute atomic E-state index is 12.6. The second-order valence-electron chi connectivity index (χ2n) is 7.22. The third-order valence-electron chi connectivity index (χ3n) is 5.05. The molecule has 0 aromatic heterocycles. The molecule has 9 heteroatoms. The molecule has 1 atom stereocenters. The van der Waals surface area contributed by atoms with Gasteiger partial charge in [-0.25, -0.2) is 13.2 Å². The fourth-order valence-corrected chi connectivity index (χ4v) is 5.31. The summed E-state index contributed by atoms with van der Waals surface area (Å²) in [5.74, 6) is -0.752. The summed E-state index contributed by atoms with van der Waals surface area (Å²) < 4.78 is 34.4. The highest BCUT2D eigenvalue weighted by molar-refractivity contribution is 7.91. The van der Waals surface area contributed by atoms with Crippen molar-refractivity contribution in [3.05, 3.63) is 64.7 Å². The zero-order chi connectivity index (χ0) is 22.4. The third-order valence-corrected chi connectivity index (χ3v) is 7.05. The fourth-order valence-electron chi connectivity index (χ4n) is 3.45. The van der Waals surface area contributed by atoms with Gasteiger partial charge in [-0.3, -0.25) is 4.79 Å². The molecule has 1 aliphatic heterocycles. The Labute approximate surface area is 186 Å². The number of benzene rings is 2. The van der Waals surface area contributed by atoms with E-state index in [1.54, 1.807) is 43.3 Å². The van der Waals surface area contributed by atoms with Crippen LogP contribution >= 0.6 is 11.6 Å². The highest BCUT2D eigenvalue weighted by Gasteiger charge is 2.34. The summed E-state index contributed by atoms with van der Waals surface area (Å²) in [6.45, 7) is 1.89. The lowest BCUT2D eigenvalue weighted by molar-refractivity contribution is -0.136. The minimum Gasteiger partial charge on any atom is -0.488 e. The largest absolute Gasteiger partial charge is 0.488 e. The van der Waals surface area contributed by atoms with Crippen LogP contribution in [0.15, 0.2) is 48.5 Å². The highest BCUT2D eigenvalue weighted by atomic mass is 35.5. The van der Waals surface area contributed by atoms with Gasteiger partial charge >= 0.3 is 5.97 Å². The maximum atomic E-state index is 12.6. The Morgan fingerprint density at radius 1 is 1.13 bits per heavy atom. The first-order chi connectivity index (χ1) is 14.8. The molecular formula is C22H24ClNO6S. The molecular weight excluding hydrogens is 442 g/mol. The molecule has 31 heavy (non-hydrogen) atoms. The zero-order valence-corrected chi connectivity index (χ0v) is 18.7. The lowest BCUT2D eigenvalue weighted by atomic mass is 10.2. The van der Waals surface area contributed by atoms with Gasteiger partial charge in [0.1, 0.15) is 17.9 Å². The maximum Gasteiger partial charge on any atom is 0.342 e. The predicted octanol–water partition coefficient (Wildman–Crippen LogP) is 3.11. The summed E-state index contributed by atoms with van der Waals surface area (Å²) >= 11 is 5.88. The number of nitrogens with zero attached hydrogens (tertiary/aromatic N) is 1. The number of halogens is 1. The molecule has 1 amide bonds. The van der Waals surface area contributed by atoms with E-state index in [1.165, 1.54) is 4.90 Å². The summed E-state index contributed by atoms with van der Waals surface area (Å²) in [4.78, 5) is 26.6. The Bertz CT molecular complexity index is 1040. The Morgan fingerprint density at radius 2 is 1.84 bits per heavy atom. The average Bonchev–Trinajstić information content (AvgIpc) is 3.11. The van der Waals surface area contributed by atoms with Gasteiger partial charge in [0.05, 0.1) is 11.5 Å². The van der Waals surface area contributed by atoms with Crippen molar-refractivity contribution < 1.29 is 27.5 Å². The molecule has 0 radical (unpaired) electrons. The van der Waals surface area contributed by atoms with E-state index in [2.05, 4.69) is 0 Å². The molecule has 7 nitrogen and oxygen atoms in total. The number of esters is 1. The molecule has 3 rings (SSSR count). The number of ether oxygens (including phenoxy) is 2. The van der Waals surface area contributed by atoms with Crippen molar-refractivity contribution in [2.45, 2.75) is 26.0 Å². The first-order valence-electron chi connectivity index (χ1n) is 9.92. The van der Waals surface area contributed by atoms with Crippen molar-refractivity contribution >= 4 is 33.3 Å². The van der Waals surface area contributed by atoms with E-state index in [-0.39, 0.29) is 29.7 Å². The fraction of sp³-hybridized carbons (Fsp3) is 0.364. The van der Waals surface area contributed by atoms with Crippen LogP contribution in [0.3, 0.4) is 0 Å². The number of rotatable bonds is 8. The van der Waals surface area contributed by atoms with Crippen LogP contribution in [-0.2, 0) is 26.0 Å². The van der Waals surface area contributed by atoms with Gasteiger partial charge < -0.3 is 14.4 Å². The summed E-state index contributed by atoms with van der Waals surface area (Å²) in [5, 5.41) is 0.619. The molecule has 1 heterocycles. The van der Waals surface area contributed by atoms with Crippen LogP contribution in [-0.4, -0.2) is 55.9 Å². The van der Waals surface area contributed by atoms with E-state index in [4.69, 9.17) is 21.1 Å². The first kappa shape index (κ1) is 23.1. The van der Waals surface area contributed by atoms with Gasteiger partial charge in [-0.2, -0.15) is 0 Å². The van der Waals surface area contributed by atoms with Crippen molar-refractivity contribution in [2.75, 3.05) is 24.7 Å². The molecule has 2 aromatic carbocycles. The number of hydrogen-bond donors (Lipinski definition) is 0. The number of carbonyl (C=O) groups is 2. The Morgan fingerprint density at radius 3 is 2.48 bits per heavy atom. The number of hydrogen-bond acceptors (Lipinski definition) is 6. The molecule has 0 aliphatic carbocycles. The number of carbonyl (C=O) groups excluding carboxylic acids is 2. The van der Waals surface area contributed by atoms with Crippen LogP contribution in [0.1, 0.15) is 29.3 Å². The van der Waals surface area contributed by atoms with Crippen molar-refractivity contribution in [2.24, 2.45) is 0 Å². The number of para-hydroxylation sites is 1. The minimum atomic E-state index is -3.12. The van der Waals surface area contributed by atoms with Crippen molar-refractivity contribution in [1.82, 2.24) is 4.90 Å². The monoisotopic (exact) mass is 465 g/mol. The van der Waals surface area contributed by atoms with E-state index in [1.807, 2.05) is 12.1 Å². The molecule has 0 saturated carbocycles. The average molecular weight is 466 g/mol. The molecule has 0 unspecified atom stereocenters. The van der Waals surface area contributed by atoms with E-state index in [0.29, 0.717) is 23.7 Å². The van der Waals surface area contributed by atoms with Crippen molar-refractivity contribution in [3.8, 4) is 5.75 Å². The SMILES string of the molecule is CCN(C(=O)COC(=O)c1ccccc1OCc1ccc(Cl)cc1)[C@H]1CCS(=O)(=O)C1. The van der Waals surface area contributed by atoms with Crippen LogP contribution in [0.4, 0.5) is 0 Å². The molecule has 166 valence electrons. The van der Waals surface area contributed by atoms with Gasteiger partial charge in [0, 0.05) is 17.6 Å². The normalized spacial score (nSPS) is 17.2. The smallest absolute Gasteiger partial charge is 0.342 e. The molecule has 0 bridgehead atoms. The summed E-state index contributed by atoms with van der Waals surface area (Å²) in [5.41, 5.74) is 1.09. The quantitative estimate of drug-likeness (QED) is 0.556. The minimum absolute atomic E-state index is 0.0537. The van der Waals surface area contributed by atoms with E-state index in [0.717, 1.165) is 5.56 Å². The van der Waals surface area contributed by atoms with Crippen LogP contribution in [0.2, 0.25) is 5.02 Å². The van der Waals surface area contributed by atoms with Gasteiger partial charge in [-0.1, -0.05) is 35.9 Å². The van der Waals surface area contributed by atoms with E-state index in [9.17, 15) is 18.0 Å². The van der Waals surface area contributed by atoms with Gasteiger partial charge in [0.2, 0.25) is 0 Å². The van der Waals surface area contributed by atoms with Crippen molar-refractivity contribution in [3.63, 3.8) is 0 Å². The summed E-state index contributed by atoms with van der Waals surface area (Å²) in [6.07, 6.45) is 0.400. The van der Waals surface area contributed by atoms with Gasteiger partial charge in [-0.05, 0) is 43.2 Å². The van der Waals surface area contributed by atoms with Crippen LogP contribution in [0, 0.1) is 0 Å². The Balaban J connectivity index is 1.60. The number of likely N-dealkylation sites (N-methyl/N-ethyl adjacent to an activating group) is 1. The lowest BCUT2D eigenvalue weighted by Gasteiger charge is -2.26. The van der Waals surface area contributed by atoms with Crippen LogP contribution < -0.4 is 4.74 Å². The summed E-state index contributed by atoms with van der Waals surface area (Å²) in [7, 11) is -3.12. The van der Waals surface area contributed by atoms with Crippen molar-refractivity contribution in [1.29, 1.82) is 0 Å². The first-order valence-corrected chi connectivity index (χ1v) is 12.1. The van der Waals surface area contributed by atoms with Gasteiger partial charge in [0.25, 0.3) is 5.91 Å². The van der Waals surface area contributed by atoms with E-state index >= 15 is 0 Å². The molecule has 1 fully saturated rings. The van der Waals surface area contributed by atoms with Gasteiger partial charge in [-0.15, -0.1) is 0 Å². The second kappa shape index (κ2) is 10.2. The second-order valence-corrected chi connectivity index (χ2v) is 9.89. The van der Waals surface area contributed by atoms with Gasteiger partial charge in [0.15, 0.2) is 16.4 Å². The van der Waals surface area contributed by atoms with E-state index < -0.39 is 28.3 Å². The van der Waals surface area contributed by atoms with Crippen LogP contribution in [0.5, 0.6) is 5.75 Å².